The minimum absolute atomic E-state index is 0.0140. The van der Waals surface area contributed by atoms with Crippen LogP contribution in [-0.4, -0.2) is 34.1 Å². The third kappa shape index (κ3) is 5.47. The van der Waals surface area contributed by atoms with Gasteiger partial charge in [-0.1, -0.05) is 17.8 Å². The lowest BCUT2D eigenvalue weighted by Gasteiger charge is -2.14. The Hall–Kier alpha value is -1.69. The first-order chi connectivity index (χ1) is 13.8. The Morgan fingerprint density at radius 3 is 2.52 bits per heavy atom. The summed E-state index contributed by atoms with van der Waals surface area (Å²) in [5.74, 6) is -0.195. The molecule has 0 atom stereocenters. The van der Waals surface area contributed by atoms with E-state index < -0.39 is 8.69 Å². The van der Waals surface area contributed by atoms with Crippen molar-refractivity contribution in [1.29, 1.82) is 0 Å². The monoisotopic (exact) mass is 465 g/mol. The lowest BCUT2D eigenvalue weighted by molar-refractivity contribution is 0.477. The van der Waals surface area contributed by atoms with Crippen LogP contribution in [0.1, 0.15) is 12.8 Å². The Morgan fingerprint density at radius 2 is 1.90 bits per heavy atom. The van der Waals surface area contributed by atoms with Gasteiger partial charge in [-0.15, -0.1) is 48.1 Å². The van der Waals surface area contributed by atoms with Crippen molar-refractivity contribution in [2.45, 2.75) is 26.7 Å². The first kappa shape index (κ1) is 20.6. The fourth-order valence-corrected chi connectivity index (χ4v) is 4.08. The summed E-state index contributed by atoms with van der Waals surface area (Å²) in [6.45, 7) is 0. The van der Waals surface area contributed by atoms with E-state index in [-0.39, 0.29) is 5.75 Å². The van der Waals surface area contributed by atoms with E-state index in [0.717, 1.165) is 24.6 Å². The summed E-state index contributed by atoms with van der Waals surface area (Å²) in [6.07, 6.45) is 3.78. The lowest BCUT2D eigenvalue weighted by Crippen LogP contribution is -2.06. The number of nitrogens with one attached hydrogen (secondary N) is 1. The number of nitrogens with zero attached hydrogens (tertiary/aromatic N) is 4. The minimum atomic E-state index is -1.00. The first-order valence-corrected chi connectivity index (χ1v) is 10.8. The number of thiol groups is 3. The van der Waals surface area contributed by atoms with Crippen LogP contribution in [-0.2, 0) is 0 Å². The number of pyridine rings is 1. The third-order valence-electron chi connectivity index (χ3n) is 4.09. The number of phenolic OH excluding ortho intramolecular Hbond substituents is 1. The molecule has 0 aliphatic heterocycles. The maximum Gasteiger partial charge on any atom is 0.242 e. The highest BCUT2D eigenvalue weighted by Crippen LogP contribution is 2.43. The SMILES string of the molecule is Oc1cc(-c2cc(F)nc(SC(S)(S)S)c2)ccc1-c1cnc(NC2CC2)nn1. The highest BCUT2D eigenvalue weighted by Gasteiger charge is 2.22. The number of hydrogen-bond donors (Lipinski definition) is 5. The number of hydrogen-bond acceptors (Lipinski definition) is 10. The van der Waals surface area contributed by atoms with Gasteiger partial charge in [0.2, 0.25) is 11.9 Å². The van der Waals surface area contributed by atoms with E-state index >= 15 is 0 Å². The van der Waals surface area contributed by atoms with E-state index in [9.17, 15) is 9.50 Å². The first-order valence-electron chi connectivity index (χ1n) is 8.60. The van der Waals surface area contributed by atoms with Crippen LogP contribution >= 0.6 is 49.6 Å². The van der Waals surface area contributed by atoms with E-state index in [0.29, 0.717) is 39.4 Å². The molecule has 1 aliphatic carbocycles. The van der Waals surface area contributed by atoms with Crippen molar-refractivity contribution in [2.75, 3.05) is 5.32 Å². The number of rotatable bonds is 6. The van der Waals surface area contributed by atoms with Crippen molar-refractivity contribution in [3.8, 4) is 28.1 Å². The number of anilines is 1. The molecule has 1 aromatic carbocycles. The number of benzene rings is 1. The lowest BCUT2D eigenvalue weighted by atomic mass is 10.0. The van der Waals surface area contributed by atoms with Crippen LogP contribution in [0.25, 0.3) is 22.4 Å². The van der Waals surface area contributed by atoms with Crippen molar-refractivity contribution in [1.82, 2.24) is 20.2 Å². The molecule has 6 nitrogen and oxygen atoms in total. The molecule has 0 amide bonds. The van der Waals surface area contributed by atoms with Crippen LogP contribution in [0.3, 0.4) is 0 Å². The molecular formula is C18H16FN5OS4. The second-order valence-electron chi connectivity index (χ2n) is 6.51. The molecule has 1 saturated carbocycles. The topological polar surface area (TPSA) is 83.8 Å². The largest absolute Gasteiger partial charge is 0.507 e. The van der Waals surface area contributed by atoms with Gasteiger partial charge >= 0.3 is 0 Å². The summed E-state index contributed by atoms with van der Waals surface area (Å²) in [5, 5.41) is 22.2. The van der Waals surface area contributed by atoms with Crippen molar-refractivity contribution in [3.63, 3.8) is 0 Å². The Kier molecular flexibility index (Phi) is 5.83. The minimum Gasteiger partial charge on any atom is -0.507 e. The van der Waals surface area contributed by atoms with E-state index in [4.69, 9.17) is 0 Å². The summed E-state index contributed by atoms with van der Waals surface area (Å²) < 4.78 is 13.0. The molecule has 3 aromatic rings. The molecule has 2 heterocycles. The summed E-state index contributed by atoms with van der Waals surface area (Å²) in [4.78, 5) is 8.06. The molecule has 11 heteroatoms. The van der Waals surface area contributed by atoms with E-state index in [1.165, 1.54) is 12.1 Å². The van der Waals surface area contributed by atoms with Gasteiger partial charge in [-0.25, -0.2) is 9.97 Å². The highest BCUT2D eigenvalue weighted by molar-refractivity contribution is 8.36. The van der Waals surface area contributed by atoms with Gasteiger partial charge in [0, 0.05) is 17.7 Å². The van der Waals surface area contributed by atoms with Crippen molar-refractivity contribution >= 4 is 55.6 Å². The number of aromatic nitrogens is 4. The van der Waals surface area contributed by atoms with Crippen LogP contribution in [0, 0.1) is 5.95 Å². The second-order valence-corrected chi connectivity index (χ2v) is 11.7. The molecule has 0 bridgehead atoms. The Labute approximate surface area is 187 Å². The molecule has 0 saturated heterocycles. The fraction of sp³-hybridized carbons (Fsp3) is 0.222. The van der Waals surface area contributed by atoms with E-state index in [1.54, 1.807) is 24.4 Å². The Balaban J connectivity index is 1.60. The molecule has 2 N–H and O–H groups in total. The normalized spacial score (nSPS) is 14.1. The summed E-state index contributed by atoms with van der Waals surface area (Å²) in [5.41, 5.74) is 2.09. The van der Waals surface area contributed by atoms with Crippen LogP contribution in [0.5, 0.6) is 5.75 Å². The van der Waals surface area contributed by atoms with Gasteiger partial charge in [-0.05, 0) is 42.2 Å². The molecule has 0 spiro atoms. The summed E-state index contributed by atoms with van der Waals surface area (Å²) >= 11 is 13.6. The van der Waals surface area contributed by atoms with Gasteiger partial charge in [0.25, 0.3) is 0 Å². The summed E-state index contributed by atoms with van der Waals surface area (Å²) in [6, 6.07) is 8.37. The van der Waals surface area contributed by atoms with Crippen molar-refractivity contribution < 1.29 is 9.50 Å². The Bertz CT molecular complexity index is 1040. The van der Waals surface area contributed by atoms with E-state index in [1.807, 2.05) is 0 Å². The molecule has 0 unspecified atom stereocenters. The number of halogens is 1. The maximum absolute atomic E-state index is 14.0. The third-order valence-corrected chi connectivity index (χ3v) is 5.60. The molecule has 0 radical (unpaired) electrons. The maximum atomic E-state index is 14.0. The Morgan fingerprint density at radius 1 is 1.10 bits per heavy atom. The molecular weight excluding hydrogens is 449 g/mol. The van der Waals surface area contributed by atoms with Crippen molar-refractivity contribution in [3.05, 3.63) is 42.5 Å². The van der Waals surface area contributed by atoms with Gasteiger partial charge in [0.1, 0.15) is 16.5 Å². The number of phenols is 1. The van der Waals surface area contributed by atoms with Gasteiger partial charge in [-0.2, -0.15) is 4.39 Å². The zero-order valence-electron chi connectivity index (χ0n) is 14.8. The van der Waals surface area contributed by atoms with Crippen LogP contribution < -0.4 is 5.32 Å². The molecule has 2 aromatic heterocycles. The van der Waals surface area contributed by atoms with Crippen LogP contribution in [0.2, 0.25) is 0 Å². The molecule has 4 rings (SSSR count). The second kappa shape index (κ2) is 8.21. The summed E-state index contributed by atoms with van der Waals surface area (Å²) in [7, 11) is 0. The average Bonchev–Trinajstić information content (AvgIpc) is 3.44. The zero-order valence-corrected chi connectivity index (χ0v) is 18.3. The van der Waals surface area contributed by atoms with E-state index in [2.05, 4.69) is 63.4 Å². The molecule has 1 aliphatic rings. The van der Waals surface area contributed by atoms with Crippen molar-refractivity contribution in [2.24, 2.45) is 0 Å². The zero-order chi connectivity index (χ0) is 20.6. The predicted molar refractivity (Wildman–Crippen MR) is 122 cm³/mol. The number of thioether (sulfide) groups is 1. The van der Waals surface area contributed by atoms with Gasteiger partial charge < -0.3 is 10.4 Å². The van der Waals surface area contributed by atoms with Crippen LogP contribution in [0.15, 0.2) is 41.6 Å². The van der Waals surface area contributed by atoms with Gasteiger partial charge in [0.15, 0.2) is 2.74 Å². The van der Waals surface area contributed by atoms with Gasteiger partial charge in [-0.3, -0.25) is 0 Å². The predicted octanol–water partition coefficient (Wildman–Crippen LogP) is 4.51. The average molecular weight is 466 g/mol. The molecule has 1 fully saturated rings. The fourth-order valence-electron chi connectivity index (χ4n) is 2.63. The van der Waals surface area contributed by atoms with Crippen LogP contribution in [0.4, 0.5) is 10.3 Å². The standard InChI is InChI=1S/C18H16FN5OS4/c19-15-6-10(7-16(22-15)29-18(26,27)28)9-1-4-12(14(25)5-9)13-8-20-17(24-23-13)21-11-2-3-11/h1,4-8,11,25-28H,2-3H2,(H,20,21,24). The van der Waals surface area contributed by atoms with Gasteiger partial charge in [0.05, 0.1) is 6.20 Å². The highest BCUT2D eigenvalue weighted by atomic mass is 32.3. The smallest absolute Gasteiger partial charge is 0.242 e. The molecule has 29 heavy (non-hydrogen) atoms. The molecule has 150 valence electrons. The quantitative estimate of drug-likeness (QED) is 0.159. The number of aromatic hydroxyl groups is 1.